The Morgan fingerprint density at radius 3 is 2.47 bits per heavy atom. The topological polar surface area (TPSA) is 141 Å². The third-order valence-electron chi connectivity index (χ3n) is 3.95. The van der Waals surface area contributed by atoms with Crippen LogP contribution in [0.25, 0.3) is 11.3 Å². The van der Waals surface area contributed by atoms with Gasteiger partial charge in [0.25, 0.3) is 11.4 Å². The predicted molar refractivity (Wildman–Crippen MR) is 108 cm³/mol. The van der Waals surface area contributed by atoms with Crippen LogP contribution in [-0.2, 0) is 11.2 Å². The molecule has 0 aliphatic heterocycles. The van der Waals surface area contributed by atoms with Crippen LogP contribution in [0.4, 0.5) is 11.4 Å². The number of non-ortho nitro benzene ring substituents is 1. The minimum absolute atomic E-state index is 0.00676. The zero-order chi connectivity index (χ0) is 21.7. The summed E-state index contributed by atoms with van der Waals surface area (Å²) in [5, 5.41) is 25.4. The number of nitro benzene ring substituents is 2. The molecule has 3 aromatic rings. The maximum atomic E-state index is 11.9. The molecular weight excluding hydrogens is 416 g/mol. The number of nitro groups is 2. The van der Waals surface area contributed by atoms with E-state index < -0.39 is 15.8 Å². The van der Waals surface area contributed by atoms with Gasteiger partial charge >= 0.3 is 0 Å². The van der Waals surface area contributed by atoms with Gasteiger partial charge in [0.05, 0.1) is 22.5 Å². The summed E-state index contributed by atoms with van der Waals surface area (Å²) in [6.07, 6.45) is 1.27. The van der Waals surface area contributed by atoms with Crippen molar-refractivity contribution in [2.75, 3.05) is 0 Å². The van der Waals surface area contributed by atoms with Crippen molar-refractivity contribution in [3.63, 3.8) is 0 Å². The minimum atomic E-state index is -0.586. The van der Waals surface area contributed by atoms with Gasteiger partial charge in [0.1, 0.15) is 16.5 Å². The second-order valence-corrected chi connectivity index (χ2v) is 6.43. The second-order valence-electron chi connectivity index (χ2n) is 6.02. The van der Waals surface area contributed by atoms with E-state index in [1.165, 1.54) is 42.6 Å². The third kappa shape index (κ3) is 5.06. The van der Waals surface area contributed by atoms with Crippen LogP contribution in [0.2, 0.25) is 5.02 Å². The van der Waals surface area contributed by atoms with Crippen LogP contribution >= 0.6 is 11.6 Å². The average Bonchev–Trinajstić information content (AvgIpc) is 3.17. The quantitative estimate of drug-likeness (QED) is 0.341. The van der Waals surface area contributed by atoms with Gasteiger partial charge in [0, 0.05) is 23.8 Å². The van der Waals surface area contributed by atoms with Crippen LogP contribution in [0.5, 0.6) is 0 Å². The number of nitrogens with one attached hydrogen (secondary N) is 1. The van der Waals surface area contributed by atoms with Gasteiger partial charge in [0.15, 0.2) is 0 Å². The van der Waals surface area contributed by atoms with Crippen molar-refractivity contribution in [3.05, 3.63) is 91.2 Å². The minimum Gasteiger partial charge on any atom is -0.455 e. The van der Waals surface area contributed by atoms with Gasteiger partial charge in [-0.25, -0.2) is 5.43 Å². The van der Waals surface area contributed by atoms with Crippen molar-refractivity contribution in [2.45, 2.75) is 6.42 Å². The van der Waals surface area contributed by atoms with Crippen molar-refractivity contribution in [2.24, 2.45) is 5.10 Å². The van der Waals surface area contributed by atoms with Gasteiger partial charge in [-0.1, -0.05) is 23.7 Å². The zero-order valence-electron chi connectivity index (χ0n) is 15.1. The van der Waals surface area contributed by atoms with E-state index in [-0.39, 0.29) is 22.8 Å². The third-order valence-corrected chi connectivity index (χ3v) is 4.27. The molecule has 0 unspecified atom stereocenters. The number of furan rings is 1. The lowest BCUT2D eigenvalue weighted by Crippen LogP contribution is -2.19. The lowest BCUT2D eigenvalue weighted by molar-refractivity contribution is -0.385. The van der Waals surface area contributed by atoms with Gasteiger partial charge in [0.2, 0.25) is 5.91 Å². The van der Waals surface area contributed by atoms with E-state index in [0.717, 1.165) is 0 Å². The number of rotatable bonds is 7. The lowest BCUT2D eigenvalue weighted by Gasteiger charge is -2.00. The van der Waals surface area contributed by atoms with Crippen molar-refractivity contribution in [1.29, 1.82) is 0 Å². The molecule has 3 rings (SSSR count). The first kappa shape index (κ1) is 20.7. The first-order chi connectivity index (χ1) is 14.3. The lowest BCUT2D eigenvalue weighted by atomic mass is 10.1. The van der Waals surface area contributed by atoms with Gasteiger partial charge in [-0.3, -0.25) is 25.0 Å². The number of nitrogens with zero attached hydrogens (tertiary/aromatic N) is 3. The molecule has 0 spiro atoms. The monoisotopic (exact) mass is 428 g/mol. The van der Waals surface area contributed by atoms with E-state index in [2.05, 4.69) is 10.5 Å². The first-order valence-electron chi connectivity index (χ1n) is 8.43. The Bertz CT molecular complexity index is 1140. The smallest absolute Gasteiger partial charge is 0.288 e. The Balaban J connectivity index is 1.60. The molecular formula is C19H13ClN4O6. The summed E-state index contributed by atoms with van der Waals surface area (Å²) in [5.74, 6) is 0.270. The molecule has 0 atom stereocenters. The summed E-state index contributed by atoms with van der Waals surface area (Å²) >= 11 is 5.80. The van der Waals surface area contributed by atoms with E-state index in [4.69, 9.17) is 16.0 Å². The van der Waals surface area contributed by atoms with Crippen molar-refractivity contribution < 1.29 is 19.1 Å². The second kappa shape index (κ2) is 8.97. The highest BCUT2D eigenvalue weighted by Crippen LogP contribution is 2.31. The molecule has 1 heterocycles. The predicted octanol–water partition coefficient (Wildman–Crippen LogP) is 4.11. The molecule has 0 aliphatic rings. The Morgan fingerprint density at radius 1 is 1.07 bits per heavy atom. The summed E-state index contributed by atoms with van der Waals surface area (Å²) in [5.41, 5.74) is 3.09. The maximum Gasteiger partial charge on any atom is 0.288 e. The van der Waals surface area contributed by atoms with Crippen molar-refractivity contribution in [1.82, 2.24) is 5.43 Å². The molecule has 152 valence electrons. The van der Waals surface area contributed by atoms with Crippen LogP contribution in [0.15, 0.2) is 64.1 Å². The van der Waals surface area contributed by atoms with Crippen LogP contribution in [0.3, 0.4) is 0 Å². The summed E-state index contributed by atoms with van der Waals surface area (Å²) < 4.78 is 5.55. The summed E-state index contributed by atoms with van der Waals surface area (Å²) in [7, 11) is 0. The molecule has 0 saturated heterocycles. The Hall–Kier alpha value is -4.05. The summed E-state index contributed by atoms with van der Waals surface area (Å²) in [6.45, 7) is 0. The van der Waals surface area contributed by atoms with E-state index in [9.17, 15) is 25.0 Å². The summed E-state index contributed by atoms with van der Waals surface area (Å²) in [6, 6.07) is 13.1. The number of halogens is 1. The van der Waals surface area contributed by atoms with Gasteiger partial charge < -0.3 is 4.42 Å². The Morgan fingerprint density at radius 2 is 1.80 bits per heavy atom. The number of hydrazone groups is 1. The molecule has 0 saturated carbocycles. The summed E-state index contributed by atoms with van der Waals surface area (Å²) in [4.78, 5) is 32.4. The molecule has 0 radical (unpaired) electrons. The molecule has 2 aromatic carbocycles. The molecule has 1 N–H and O–H groups in total. The normalized spacial score (nSPS) is 10.8. The fourth-order valence-electron chi connectivity index (χ4n) is 2.51. The molecule has 1 aromatic heterocycles. The molecule has 0 bridgehead atoms. The fraction of sp³-hybridized carbons (Fsp3) is 0.0526. The molecule has 0 fully saturated rings. The van der Waals surface area contributed by atoms with Crippen LogP contribution in [0.1, 0.15) is 11.3 Å². The highest BCUT2D eigenvalue weighted by molar-refractivity contribution is 6.32. The van der Waals surface area contributed by atoms with Gasteiger partial charge in [-0.15, -0.1) is 0 Å². The zero-order valence-corrected chi connectivity index (χ0v) is 15.9. The van der Waals surface area contributed by atoms with Crippen LogP contribution in [-0.4, -0.2) is 22.0 Å². The highest BCUT2D eigenvalue weighted by Gasteiger charge is 2.15. The molecule has 1 amide bonds. The molecule has 11 heteroatoms. The van der Waals surface area contributed by atoms with Crippen LogP contribution < -0.4 is 5.43 Å². The number of hydrogen-bond acceptors (Lipinski definition) is 7. The first-order valence-corrected chi connectivity index (χ1v) is 8.80. The molecule has 0 aliphatic carbocycles. The molecule has 30 heavy (non-hydrogen) atoms. The maximum absolute atomic E-state index is 11.9. The van der Waals surface area contributed by atoms with E-state index >= 15 is 0 Å². The standard InChI is InChI=1S/C19H13ClN4O6/c20-16-7-3-13(10-17(16)24(28)29)18-8-6-15(30-18)11-21-22-19(25)9-12-1-4-14(5-2-12)23(26)27/h1-8,10-11H,9H2,(H,22,25)/b21-11-. The van der Waals surface area contributed by atoms with E-state index in [0.29, 0.717) is 22.6 Å². The number of benzene rings is 2. The van der Waals surface area contributed by atoms with Crippen molar-refractivity contribution >= 4 is 35.1 Å². The average molecular weight is 429 g/mol. The Labute approximate surface area is 174 Å². The fourth-order valence-corrected chi connectivity index (χ4v) is 2.70. The van der Waals surface area contributed by atoms with Crippen LogP contribution in [0, 0.1) is 20.2 Å². The van der Waals surface area contributed by atoms with Gasteiger partial charge in [-0.2, -0.15) is 5.10 Å². The van der Waals surface area contributed by atoms with Crippen molar-refractivity contribution in [3.8, 4) is 11.3 Å². The van der Waals surface area contributed by atoms with E-state index in [1.807, 2.05) is 0 Å². The highest BCUT2D eigenvalue weighted by atomic mass is 35.5. The van der Waals surface area contributed by atoms with E-state index in [1.54, 1.807) is 18.2 Å². The number of amides is 1. The largest absolute Gasteiger partial charge is 0.455 e. The number of carbonyl (C=O) groups is 1. The Kier molecular flexibility index (Phi) is 6.18. The van der Waals surface area contributed by atoms with Gasteiger partial charge in [-0.05, 0) is 29.8 Å². The SMILES string of the molecule is O=C(Cc1ccc([N+](=O)[O-])cc1)N/N=C\c1ccc(-c2ccc(Cl)c([N+](=O)[O-])c2)o1. The number of carbonyl (C=O) groups excluding carboxylic acids is 1. The number of hydrogen-bond donors (Lipinski definition) is 1. The molecule has 10 nitrogen and oxygen atoms in total.